The second kappa shape index (κ2) is 5.81. The third kappa shape index (κ3) is 2.32. The zero-order chi connectivity index (χ0) is 16.0. The molecule has 3 N–H and O–H groups in total. The van der Waals surface area contributed by atoms with Crippen molar-refractivity contribution in [3.05, 3.63) is 44.8 Å². The maximum absolute atomic E-state index is 12.6. The molecule has 0 unspecified atom stereocenters. The fraction of sp³-hybridized carbons (Fsp3) is 0.357. The summed E-state index contributed by atoms with van der Waals surface area (Å²) in [7, 11) is 0. The number of benzene rings is 1. The van der Waals surface area contributed by atoms with E-state index in [1.165, 1.54) is 6.20 Å². The number of aliphatic hydroxyl groups excluding tert-OH is 3. The van der Waals surface area contributed by atoms with Gasteiger partial charge in [-0.25, -0.2) is 0 Å². The Labute approximate surface area is 135 Å². The van der Waals surface area contributed by atoms with Gasteiger partial charge in [0.05, 0.1) is 22.0 Å². The van der Waals surface area contributed by atoms with Gasteiger partial charge in [0.25, 0.3) is 5.56 Å². The number of fused-ring (bicyclic) bond motifs is 1. The number of nitrogens with zero attached hydrogens (tertiary/aromatic N) is 1. The second-order valence-electron chi connectivity index (χ2n) is 5.08. The van der Waals surface area contributed by atoms with E-state index < -0.39 is 36.7 Å². The Morgan fingerprint density at radius 2 is 1.91 bits per heavy atom. The Balaban J connectivity index is 2.15. The predicted octanol–water partition coefficient (Wildman–Crippen LogP) is 0.920. The van der Waals surface area contributed by atoms with Gasteiger partial charge < -0.3 is 20.1 Å². The van der Waals surface area contributed by atoms with Crippen LogP contribution in [0.4, 0.5) is 0 Å². The van der Waals surface area contributed by atoms with Gasteiger partial charge >= 0.3 is 0 Å². The van der Waals surface area contributed by atoms with E-state index in [0.717, 1.165) is 4.57 Å². The van der Waals surface area contributed by atoms with Gasteiger partial charge in [0, 0.05) is 6.20 Å². The molecule has 0 radical (unpaired) electrons. The van der Waals surface area contributed by atoms with Crippen molar-refractivity contribution in [2.75, 3.05) is 6.61 Å². The SMILES string of the molecule is O=c1c2c(Cl)c(Cl)ccc2ccn1[C@@H]1O[C@H](CO)[C@@H](O)[C@H]1O. The fourth-order valence-electron chi connectivity index (χ4n) is 2.59. The third-order valence-electron chi connectivity index (χ3n) is 3.78. The summed E-state index contributed by atoms with van der Waals surface area (Å²) < 4.78 is 6.49. The van der Waals surface area contributed by atoms with Crippen LogP contribution in [0.3, 0.4) is 0 Å². The van der Waals surface area contributed by atoms with Crippen molar-refractivity contribution in [3.8, 4) is 0 Å². The second-order valence-corrected chi connectivity index (χ2v) is 5.87. The van der Waals surface area contributed by atoms with Crippen LogP contribution in [0.15, 0.2) is 29.2 Å². The van der Waals surface area contributed by atoms with E-state index in [0.29, 0.717) is 5.39 Å². The molecule has 2 heterocycles. The molecule has 4 atom stereocenters. The van der Waals surface area contributed by atoms with E-state index in [9.17, 15) is 15.0 Å². The number of halogens is 2. The van der Waals surface area contributed by atoms with Gasteiger partial charge in [-0.15, -0.1) is 0 Å². The molecule has 1 saturated heterocycles. The van der Waals surface area contributed by atoms with Crippen molar-refractivity contribution < 1.29 is 20.1 Å². The first-order valence-corrected chi connectivity index (χ1v) is 7.32. The van der Waals surface area contributed by atoms with Crippen LogP contribution in [0, 0.1) is 0 Å². The van der Waals surface area contributed by atoms with Crippen LogP contribution in [0.2, 0.25) is 10.0 Å². The van der Waals surface area contributed by atoms with Gasteiger partial charge in [-0.05, 0) is 17.5 Å². The minimum absolute atomic E-state index is 0.116. The largest absolute Gasteiger partial charge is 0.394 e. The Hall–Kier alpha value is -1.15. The van der Waals surface area contributed by atoms with E-state index in [4.69, 9.17) is 33.0 Å². The number of aliphatic hydroxyl groups is 3. The quantitative estimate of drug-likeness (QED) is 0.752. The average Bonchev–Trinajstić information content (AvgIpc) is 2.79. The number of hydrogen-bond donors (Lipinski definition) is 3. The standard InChI is InChI=1S/C14H13Cl2NO5/c15-7-2-1-6-3-4-17(13(21)9(6)10(7)16)14-12(20)11(19)8(5-18)22-14/h1-4,8,11-12,14,18-20H,5H2/t8-,11-,12-,14-/m1/s1. The molecule has 8 heteroatoms. The molecule has 1 aliphatic heterocycles. The molecule has 1 aromatic carbocycles. The number of hydrogen-bond acceptors (Lipinski definition) is 5. The van der Waals surface area contributed by atoms with Crippen LogP contribution in [0.5, 0.6) is 0 Å². The smallest absolute Gasteiger partial charge is 0.262 e. The maximum Gasteiger partial charge on any atom is 0.262 e. The normalized spacial score (nSPS) is 28.4. The molecule has 1 aromatic heterocycles. The Morgan fingerprint density at radius 3 is 2.55 bits per heavy atom. The summed E-state index contributed by atoms with van der Waals surface area (Å²) in [5.41, 5.74) is -0.500. The highest BCUT2D eigenvalue weighted by molar-refractivity contribution is 6.45. The lowest BCUT2D eigenvalue weighted by Gasteiger charge is -2.18. The van der Waals surface area contributed by atoms with Gasteiger partial charge in [-0.3, -0.25) is 9.36 Å². The highest BCUT2D eigenvalue weighted by atomic mass is 35.5. The van der Waals surface area contributed by atoms with E-state index in [-0.39, 0.29) is 15.4 Å². The first kappa shape index (κ1) is 15.7. The summed E-state index contributed by atoms with van der Waals surface area (Å²) in [6.45, 7) is -0.469. The molecule has 0 saturated carbocycles. The zero-order valence-electron chi connectivity index (χ0n) is 11.2. The van der Waals surface area contributed by atoms with Crippen molar-refractivity contribution in [3.63, 3.8) is 0 Å². The highest BCUT2D eigenvalue weighted by Gasteiger charge is 2.43. The van der Waals surface area contributed by atoms with Crippen LogP contribution < -0.4 is 5.56 Å². The summed E-state index contributed by atoms with van der Waals surface area (Å²) in [5, 5.41) is 30.1. The van der Waals surface area contributed by atoms with Crippen molar-refractivity contribution in [1.82, 2.24) is 4.57 Å². The topological polar surface area (TPSA) is 91.9 Å². The minimum Gasteiger partial charge on any atom is -0.394 e. The molecule has 3 rings (SSSR count). The molecular formula is C14H13Cl2NO5. The van der Waals surface area contributed by atoms with Crippen LogP contribution in [0.25, 0.3) is 10.8 Å². The zero-order valence-corrected chi connectivity index (χ0v) is 12.7. The average molecular weight is 346 g/mol. The molecule has 0 amide bonds. The molecular weight excluding hydrogens is 333 g/mol. The molecule has 0 spiro atoms. The molecule has 6 nitrogen and oxygen atoms in total. The highest BCUT2D eigenvalue weighted by Crippen LogP contribution is 2.31. The van der Waals surface area contributed by atoms with Crippen molar-refractivity contribution in [1.29, 1.82) is 0 Å². The Morgan fingerprint density at radius 1 is 1.18 bits per heavy atom. The number of ether oxygens (including phenoxy) is 1. The summed E-state index contributed by atoms with van der Waals surface area (Å²) in [4.78, 5) is 12.6. The van der Waals surface area contributed by atoms with Gasteiger partial charge in [0.15, 0.2) is 6.23 Å². The predicted molar refractivity (Wildman–Crippen MR) is 81.2 cm³/mol. The van der Waals surface area contributed by atoms with E-state index in [1.807, 2.05) is 0 Å². The van der Waals surface area contributed by atoms with Gasteiger partial charge in [0.1, 0.15) is 18.3 Å². The molecule has 1 aliphatic rings. The Bertz CT molecular complexity index is 778. The number of pyridine rings is 1. The van der Waals surface area contributed by atoms with Crippen LogP contribution in [-0.4, -0.2) is 44.8 Å². The first-order valence-electron chi connectivity index (χ1n) is 6.57. The van der Waals surface area contributed by atoms with Crippen molar-refractivity contribution in [2.45, 2.75) is 24.5 Å². The molecule has 2 aromatic rings. The molecule has 0 bridgehead atoms. The summed E-state index contributed by atoms with van der Waals surface area (Å²) in [6, 6.07) is 4.88. The van der Waals surface area contributed by atoms with Gasteiger partial charge in [-0.1, -0.05) is 29.3 Å². The summed E-state index contributed by atoms with van der Waals surface area (Å²) in [5.74, 6) is 0. The Kier molecular flexibility index (Phi) is 4.15. The maximum atomic E-state index is 12.6. The van der Waals surface area contributed by atoms with Gasteiger partial charge in [-0.2, -0.15) is 0 Å². The van der Waals surface area contributed by atoms with Crippen molar-refractivity contribution >= 4 is 34.0 Å². The number of aromatic nitrogens is 1. The molecule has 22 heavy (non-hydrogen) atoms. The number of rotatable bonds is 2. The lowest BCUT2D eigenvalue weighted by molar-refractivity contribution is -0.0541. The fourth-order valence-corrected chi connectivity index (χ4v) is 3.00. The van der Waals surface area contributed by atoms with E-state index in [1.54, 1.807) is 18.2 Å². The summed E-state index contributed by atoms with van der Waals surface area (Å²) >= 11 is 12.0. The van der Waals surface area contributed by atoms with Crippen LogP contribution in [-0.2, 0) is 4.74 Å². The van der Waals surface area contributed by atoms with Crippen LogP contribution in [0.1, 0.15) is 6.23 Å². The molecule has 118 valence electrons. The molecule has 0 aliphatic carbocycles. The minimum atomic E-state index is -1.34. The monoisotopic (exact) mass is 345 g/mol. The lowest BCUT2D eigenvalue weighted by atomic mass is 10.1. The van der Waals surface area contributed by atoms with E-state index in [2.05, 4.69) is 0 Å². The van der Waals surface area contributed by atoms with Crippen molar-refractivity contribution in [2.24, 2.45) is 0 Å². The first-order chi connectivity index (χ1) is 10.5. The van der Waals surface area contributed by atoms with E-state index >= 15 is 0 Å². The molecule has 1 fully saturated rings. The van der Waals surface area contributed by atoms with Gasteiger partial charge in [0.2, 0.25) is 0 Å². The lowest BCUT2D eigenvalue weighted by Crippen LogP contribution is -2.35. The third-order valence-corrected chi connectivity index (χ3v) is 4.59. The van der Waals surface area contributed by atoms with Crippen LogP contribution >= 0.6 is 23.2 Å². The summed E-state index contributed by atoms with van der Waals surface area (Å²) in [6.07, 6.45) is -3.26.